The maximum Gasteiger partial charge on any atom is 1.00 e. The average molecular weight is 612 g/mol. The molecule has 8 N–H and O–H groups in total. The van der Waals surface area contributed by atoms with Gasteiger partial charge in [0.15, 0.2) is 18.9 Å². The van der Waals surface area contributed by atoms with Crippen LogP contribution in [0, 0.1) is 0 Å². The van der Waals surface area contributed by atoms with E-state index < -0.39 is 110 Å². The van der Waals surface area contributed by atoms with E-state index in [-0.39, 0.29) is 88.7 Å². The molecule has 22 heteroatoms. The monoisotopic (exact) mass is 612 g/mol. The van der Waals surface area contributed by atoms with E-state index in [9.17, 15) is 70.6 Å². The summed E-state index contributed by atoms with van der Waals surface area (Å²) in [5, 5.41) is 114. The smallest absolute Gasteiger partial charge is 0.547 e. The van der Waals surface area contributed by atoms with Crippen molar-refractivity contribution in [2.45, 2.75) is 92.1 Å². The molecule has 0 aromatic carbocycles. The molecule has 0 aliphatic carbocycles. The topological polar surface area (TPSA) is 328 Å². The summed E-state index contributed by atoms with van der Waals surface area (Å²) in [6.45, 7) is 0. The number of aliphatic hydroxyl groups is 8. The third kappa shape index (κ3) is 8.53. The molecule has 3 aliphatic heterocycles. The second-order valence-corrected chi connectivity index (χ2v) is 8.39. The van der Waals surface area contributed by atoms with Gasteiger partial charge in [0.1, 0.15) is 73.2 Å². The van der Waals surface area contributed by atoms with Crippen LogP contribution in [0.15, 0.2) is 0 Å². The maximum absolute atomic E-state index is 11.7. The normalized spacial score (nSPS) is 45.1. The third-order valence-electron chi connectivity index (χ3n) is 5.96. The van der Waals surface area contributed by atoms with Crippen molar-refractivity contribution >= 4 is 17.9 Å². The van der Waals surface area contributed by atoms with E-state index >= 15 is 0 Å². The summed E-state index contributed by atoms with van der Waals surface area (Å²) in [7, 11) is 0. The number of ether oxygens (including phenoxy) is 5. The van der Waals surface area contributed by atoms with Crippen LogP contribution in [0.25, 0.3) is 0 Å². The van der Waals surface area contributed by atoms with Gasteiger partial charge >= 0.3 is 88.7 Å². The van der Waals surface area contributed by atoms with Gasteiger partial charge in [-0.2, -0.15) is 0 Å². The number of carbonyl (C=O) groups excluding carboxylic acids is 3. The van der Waals surface area contributed by atoms with Gasteiger partial charge < -0.3 is 94.2 Å². The van der Waals surface area contributed by atoms with Gasteiger partial charge in [-0.25, -0.2) is 0 Å². The fraction of sp³-hybridized carbons (Fsp3) is 0.833. The zero-order valence-corrected chi connectivity index (χ0v) is 27.2. The van der Waals surface area contributed by atoms with Crippen LogP contribution >= 0.6 is 0 Å². The number of hydrogen-bond donors (Lipinski definition) is 8. The summed E-state index contributed by atoms with van der Waals surface area (Å²) in [5.41, 5.74) is 0. The van der Waals surface area contributed by atoms with Crippen LogP contribution in [0.5, 0.6) is 0 Å². The zero-order valence-electron chi connectivity index (χ0n) is 21.2. The summed E-state index contributed by atoms with van der Waals surface area (Å²) >= 11 is 0. The molecule has 0 radical (unpaired) electrons. The molecule has 0 aromatic heterocycles. The summed E-state index contributed by atoms with van der Waals surface area (Å²) in [6, 6.07) is 0. The quantitative estimate of drug-likeness (QED) is 0.124. The molecule has 0 aromatic rings. The average Bonchev–Trinajstić information content (AvgIpc) is 2.82. The number of hydrogen-bond acceptors (Lipinski definition) is 19. The second-order valence-electron chi connectivity index (χ2n) is 8.39. The van der Waals surface area contributed by atoms with Gasteiger partial charge in [0.2, 0.25) is 0 Å². The molecule has 0 amide bonds. The van der Waals surface area contributed by atoms with Gasteiger partial charge in [-0.15, -0.1) is 0 Å². The van der Waals surface area contributed by atoms with E-state index in [2.05, 4.69) is 4.74 Å². The molecule has 3 heterocycles. The third-order valence-corrected chi connectivity index (χ3v) is 5.96. The number of rotatable bonds is 7. The predicted molar refractivity (Wildman–Crippen MR) is 95.0 cm³/mol. The van der Waals surface area contributed by atoms with Gasteiger partial charge in [0.05, 0.1) is 17.9 Å². The van der Waals surface area contributed by atoms with E-state index in [1.807, 2.05) is 0 Å². The van der Waals surface area contributed by atoms with E-state index in [0.717, 1.165) is 0 Å². The SMILES string of the molecule is O=C([O-])C1O[C@H](O[C@@H]2C(C(=O)[O-])O[C@@H](O)C(O)[C@@H]2O)[C@H](O)C(O)[C@H]1O[C@@H]1OC(C(=O)[O-])[C@@H](O)[C@@H](O)C1O.[Na+].[Na+].[Na+]. The Morgan fingerprint density at radius 1 is 0.475 bits per heavy atom. The summed E-state index contributed by atoms with van der Waals surface area (Å²) in [6.07, 6.45) is -33.7. The minimum atomic E-state index is -2.43. The molecule has 15 atom stereocenters. The molecular weight excluding hydrogens is 589 g/mol. The van der Waals surface area contributed by atoms with Crippen LogP contribution in [-0.2, 0) is 38.1 Å². The van der Waals surface area contributed by atoms with Gasteiger partial charge in [-0.05, 0) is 0 Å². The number of carboxylic acids is 3. The zero-order chi connectivity index (χ0) is 27.9. The van der Waals surface area contributed by atoms with Crippen molar-refractivity contribution in [3.05, 3.63) is 0 Å². The van der Waals surface area contributed by atoms with E-state index in [1.54, 1.807) is 0 Å². The van der Waals surface area contributed by atoms with Gasteiger partial charge in [0, 0.05) is 0 Å². The Morgan fingerprint density at radius 2 is 0.825 bits per heavy atom. The van der Waals surface area contributed by atoms with Crippen molar-refractivity contribution in [2.24, 2.45) is 0 Å². The molecule has 0 spiro atoms. The molecule has 3 saturated heterocycles. The number of carboxylic acid groups (broad SMARTS) is 3. The van der Waals surface area contributed by atoms with E-state index in [0.29, 0.717) is 0 Å². The minimum absolute atomic E-state index is 0. The largest absolute Gasteiger partial charge is 1.00 e. The van der Waals surface area contributed by atoms with E-state index in [4.69, 9.17) is 18.9 Å². The molecule has 40 heavy (non-hydrogen) atoms. The molecule has 6 unspecified atom stereocenters. The Hall–Kier alpha value is 0.890. The molecule has 0 saturated carbocycles. The van der Waals surface area contributed by atoms with Crippen molar-refractivity contribution in [3.8, 4) is 0 Å². The Labute approximate surface area is 290 Å². The fourth-order valence-electron chi connectivity index (χ4n) is 3.95. The first-order chi connectivity index (χ1) is 17.2. The van der Waals surface area contributed by atoms with Crippen molar-refractivity contribution in [1.82, 2.24) is 0 Å². The van der Waals surface area contributed by atoms with Crippen LogP contribution in [0.2, 0.25) is 0 Å². The maximum atomic E-state index is 11.7. The van der Waals surface area contributed by atoms with Crippen molar-refractivity contribution < 1.29 is 183 Å². The molecule has 212 valence electrons. The first kappa shape index (κ1) is 40.9. The molecular formula is C18H23Na3O19. The van der Waals surface area contributed by atoms with Crippen LogP contribution < -0.4 is 104 Å². The van der Waals surface area contributed by atoms with Gasteiger partial charge in [-0.3, -0.25) is 0 Å². The summed E-state index contributed by atoms with van der Waals surface area (Å²) in [5.74, 6) is -6.27. The Kier molecular flexibility index (Phi) is 17.2. The number of aliphatic carboxylic acids is 3. The molecule has 3 rings (SSSR count). The fourth-order valence-corrected chi connectivity index (χ4v) is 3.95. The Bertz CT molecular complexity index is 868. The second kappa shape index (κ2) is 16.8. The Morgan fingerprint density at radius 3 is 1.25 bits per heavy atom. The molecule has 19 nitrogen and oxygen atoms in total. The summed E-state index contributed by atoms with van der Waals surface area (Å²) < 4.78 is 24.4. The van der Waals surface area contributed by atoms with Crippen molar-refractivity contribution in [1.29, 1.82) is 0 Å². The van der Waals surface area contributed by atoms with E-state index in [1.165, 1.54) is 0 Å². The standard InChI is InChI=1S/C18H26O19.3Na/c19-1-2(20)10(13(26)27)36-17(6(1)24)35-9-4(22)7(25)18(37-12(9)15(30)31)34-8-3(21)5(23)16(32)33-11(8)14(28)29;;;/h1-12,16-25,32H,(H,26,27)(H,28,29)(H,30,31);;;/q;3*+1/p-3/t1-,2+,3+,4?,5?,6?,7-,8+,9-,10?,11?,12?,16-,17-,18+;;;/m1.../s1. The first-order valence-electron chi connectivity index (χ1n) is 10.5. The van der Waals surface area contributed by atoms with Gasteiger partial charge in [-0.1, -0.05) is 0 Å². The molecule has 0 bridgehead atoms. The molecule has 3 fully saturated rings. The Balaban J connectivity index is 0.00000507. The van der Waals surface area contributed by atoms with Crippen LogP contribution in [-0.4, -0.2) is 151 Å². The van der Waals surface area contributed by atoms with Crippen LogP contribution in [0.1, 0.15) is 0 Å². The number of carbonyl (C=O) groups is 3. The van der Waals surface area contributed by atoms with Crippen molar-refractivity contribution in [2.75, 3.05) is 0 Å². The molecule has 3 aliphatic rings. The summed E-state index contributed by atoms with van der Waals surface area (Å²) in [4.78, 5) is 34.1. The predicted octanol–water partition coefficient (Wildman–Crippen LogP) is -20.3. The minimum Gasteiger partial charge on any atom is -0.547 e. The van der Waals surface area contributed by atoms with Gasteiger partial charge in [0.25, 0.3) is 0 Å². The first-order valence-corrected chi connectivity index (χ1v) is 10.5. The number of aliphatic hydroxyl groups excluding tert-OH is 8. The van der Waals surface area contributed by atoms with Crippen LogP contribution in [0.4, 0.5) is 0 Å². The van der Waals surface area contributed by atoms with Crippen molar-refractivity contribution in [3.63, 3.8) is 0 Å². The van der Waals surface area contributed by atoms with Crippen LogP contribution in [0.3, 0.4) is 0 Å².